The van der Waals surface area contributed by atoms with E-state index < -0.39 is 0 Å². The number of nitrogens with two attached hydrogens (primary N) is 1. The summed E-state index contributed by atoms with van der Waals surface area (Å²) >= 11 is 0. The van der Waals surface area contributed by atoms with Crippen LogP contribution < -0.4 is 11.1 Å². The van der Waals surface area contributed by atoms with Crippen molar-refractivity contribution >= 4 is 17.3 Å². The first-order valence-corrected chi connectivity index (χ1v) is 8.01. The fraction of sp³-hybridized carbons (Fsp3) is 0.100. The number of pyridine rings is 1. The number of nitrogens with one attached hydrogen (secondary N) is 1. The molecule has 124 valence electrons. The molecule has 0 amide bonds. The Morgan fingerprint density at radius 3 is 2.68 bits per heavy atom. The van der Waals surface area contributed by atoms with Crippen LogP contribution in [0.1, 0.15) is 21.8 Å². The van der Waals surface area contributed by atoms with Crippen LogP contribution in [-0.2, 0) is 0 Å². The molecule has 2 heterocycles. The van der Waals surface area contributed by atoms with E-state index in [1.54, 1.807) is 42.6 Å². The topological polar surface area (TPSA) is 68.0 Å². The van der Waals surface area contributed by atoms with Crippen LogP contribution in [0.15, 0.2) is 60.8 Å². The van der Waals surface area contributed by atoms with Crippen LogP contribution in [0.3, 0.4) is 0 Å². The predicted octanol–water partition coefficient (Wildman–Crippen LogP) is 3.86. The molecule has 1 aliphatic heterocycles. The van der Waals surface area contributed by atoms with E-state index in [1.165, 1.54) is 12.1 Å². The number of nitrogen functional groups attached to an aromatic ring is 1. The van der Waals surface area contributed by atoms with Gasteiger partial charge in [-0.2, -0.15) is 0 Å². The SMILES string of the molecule is Nc1cccc(C(=O)C2CNc3ncc(-c4ccc(F)cc4)cc32)c1. The van der Waals surface area contributed by atoms with Gasteiger partial charge in [0.25, 0.3) is 0 Å². The molecule has 0 aliphatic carbocycles. The van der Waals surface area contributed by atoms with Crippen LogP contribution in [0.5, 0.6) is 0 Å². The summed E-state index contributed by atoms with van der Waals surface area (Å²) in [7, 11) is 0. The summed E-state index contributed by atoms with van der Waals surface area (Å²) in [6.45, 7) is 0.503. The number of benzene rings is 2. The van der Waals surface area contributed by atoms with Gasteiger partial charge < -0.3 is 11.1 Å². The first kappa shape index (κ1) is 15.3. The molecule has 3 N–H and O–H groups in total. The van der Waals surface area contributed by atoms with Crippen molar-refractivity contribution in [3.05, 3.63) is 77.7 Å². The van der Waals surface area contributed by atoms with E-state index in [2.05, 4.69) is 10.3 Å². The van der Waals surface area contributed by atoms with Crippen LogP contribution in [0, 0.1) is 5.82 Å². The minimum Gasteiger partial charge on any atom is -0.399 e. The van der Waals surface area contributed by atoms with Gasteiger partial charge in [0, 0.05) is 35.1 Å². The molecule has 3 aromatic rings. The summed E-state index contributed by atoms with van der Waals surface area (Å²) in [5.41, 5.74) is 9.52. The van der Waals surface area contributed by atoms with Crippen molar-refractivity contribution in [1.82, 2.24) is 4.98 Å². The van der Waals surface area contributed by atoms with Crippen LogP contribution in [0.2, 0.25) is 0 Å². The molecular formula is C20H16FN3O. The highest BCUT2D eigenvalue weighted by Gasteiger charge is 2.30. The largest absolute Gasteiger partial charge is 0.399 e. The summed E-state index contributed by atoms with van der Waals surface area (Å²) < 4.78 is 13.1. The number of halogens is 1. The second kappa shape index (κ2) is 6.02. The molecule has 0 spiro atoms. The van der Waals surface area contributed by atoms with Gasteiger partial charge in [-0.15, -0.1) is 0 Å². The summed E-state index contributed by atoms with van der Waals surface area (Å²) in [5, 5.41) is 3.18. The van der Waals surface area contributed by atoms with Gasteiger partial charge in [-0.3, -0.25) is 4.79 Å². The minimum absolute atomic E-state index is 0.0107. The highest BCUT2D eigenvalue weighted by Crippen LogP contribution is 2.35. The van der Waals surface area contributed by atoms with Crippen molar-refractivity contribution in [3.63, 3.8) is 0 Å². The smallest absolute Gasteiger partial charge is 0.172 e. The van der Waals surface area contributed by atoms with E-state index in [4.69, 9.17) is 5.73 Å². The average molecular weight is 333 g/mol. The van der Waals surface area contributed by atoms with Crippen molar-refractivity contribution in [3.8, 4) is 11.1 Å². The molecule has 0 saturated heterocycles. The van der Waals surface area contributed by atoms with E-state index in [-0.39, 0.29) is 17.5 Å². The number of rotatable bonds is 3. The third kappa shape index (κ3) is 2.85. The second-order valence-corrected chi connectivity index (χ2v) is 6.09. The number of carbonyl (C=O) groups is 1. The standard InChI is InChI=1S/C20H16FN3O/c21-15-6-4-12(5-7-15)14-9-17-18(11-24-20(17)23-10-14)19(25)13-2-1-3-16(22)8-13/h1-10,18H,11,22H2,(H,23,24). The van der Waals surface area contributed by atoms with Gasteiger partial charge in [-0.25, -0.2) is 9.37 Å². The first-order valence-electron chi connectivity index (χ1n) is 8.01. The number of hydrogen-bond donors (Lipinski definition) is 2. The third-order valence-electron chi connectivity index (χ3n) is 4.43. The zero-order valence-corrected chi connectivity index (χ0v) is 13.4. The van der Waals surface area contributed by atoms with Crippen molar-refractivity contribution in [2.24, 2.45) is 0 Å². The molecule has 1 unspecified atom stereocenters. The lowest BCUT2D eigenvalue weighted by Gasteiger charge is -2.11. The molecule has 1 aromatic heterocycles. The minimum atomic E-state index is -0.315. The van der Waals surface area contributed by atoms with Crippen molar-refractivity contribution in [2.75, 3.05) is 17.6 Å². The van der Waals surface area contributed by atoms with E-state index in [0.29, 0.717) is 23.6 Å². The maximum absolute atomic E-state index is 13.1. The van der Waals surface area contributed by atoms with Gasteiger partial charge in [0.05, 0.1) is 5.92 Å². The first-order chi connectivity index (χ1) is 12.1. The Morgan fingerprint density at radius 2 is 1.92 bits per heavy atom. The van der Waals surface area contributed by atoms with Gasteiger partial charge in [-0.05, 0) is 35.9 Å². The second-order valence-electron chi connectivity index (χ2n) is 6.09. The molecule has 4 nitrogen and oxygen atoms in total. The lowest BCUT2D eigenvalue weighted by molar-refractivity contribution is 0.0966. The number of Topliss-reactive ketones (excluding diaryl/α,β-unsaturated/α-hetero) is 1. The maximum atomic E-state index is 13.1. The molecule has 1 atom stereocenters. The van der Waals surface area contributed by atoms with Crippen molar-refractivity contribution < 1.29 is 9.18 Å². The Bertz CT molecular complexity index is 953. The van der Waals surface area contributed by atoms with Crippen molar-refractivity contribution in [2.45, 2.75) is 5.92 Å². The average Bonchev–Trinajstić information content (AvgIpc) is 3.05. The van der Waals surface area contributed by atoms with Crippen LogP contribution in [0.4, 0.5) is 15.9 Å². The number of fused-ring (bicyclic) bond motifs is 1. The van der Waals surface area contributed by atoms with Gasteiger partial charge in [0.15, 0.2) is 5.78 Å². The lowest BCUT2D eigenvalue weighted by Crippen LogP contribution is -2.15. The van der Waals surface area contributed by atoms with Crippen LogP contribution in [0.25, 0.3) is 11.1 Å². The maximum Gasteiger partial charge on any atom is 0.172 e. The molecule has 0 radical (unpaired) electrons. The number of nitrogens with zero attached hydrogens (tertiary/aromatic N) is 1. The Balaban J connectivity index is 1.70. The predicted molar refractivity (Wildman–Crippen MR) is 96.0 cm³/mol. The molecule has 5 heteroatoms. The Labute approximate surface area is 144 Å². The Kier molecular flexibility index (Phi) is 3.69. The summed E-state index contributed by atoms with van der Waals surface area (Å²) in [6, 6.07) is 15.2. The Morgan fingerprint density at radius 1 is 1.12 bits per heavy atom. The molecule has 25 heavy (non-hydrogen) atoms. The van der Waals surface area contributed by atoms with Crippen LogP contribution >= 0.6 is 0 Å². The molecule has 0 fully saturated rings. The number of aromatic nitrogens is 1. The molecule has 1 aliphatic rings. The van der Waals surface area contributed by atoms with Crippen molar-refractivity contribution in [1.29, 1.82) is 0 Å². The van der Waals surface area contributed by atoms with E-state index >= 15 is 0 Å². The lowest BCUT2D eigenvalue weighted by atomic mass is 9.91. The highest BCUT2D eigenvalue weighted by molar-refractivity contribution is 6.03. The number of anilines is 2. The van der Waals surface area contributed by atoms with Gasteiger partial charge in [-0.1, -0.05) is 24.3 Å². The summed E-state index contributed by atoms with van der Waals surface area (Å²) in [5.74, 6) is 0.128. The normalized spacial score (nSPS) is 15.5. The molecule has 0 saturated carbocycles. The van der Waals surface area contributed by atoms with E-state index in [1.807, 2.05) is 6.07 Å². The summed E-state index contributed by atoms with van der Waals surface area (Å²) in [4.78, 5) is 17.3. The molecular weight excluding hydrogens is 317 g/mol. The molecule has 4 rings (SSSR count). The fourth-order valence-corrected chi connectivity index (χ4v) is 3.13. The zero-order chi connectivity index (χ0) is 17.4. The molecule has 0 bridgehead atoms. The monoisotopic (exact) mass is 333 g/mol. The highest BCUT2D eigenvalue weighted by atomic mass is 19.1. The number of hydrogen-bond acceptors (Lipinski definition) is 4. The Hall–Kier alpha value is -3.21. The summed E-state index contributed by atoms with van der Waals surface area (Å²) in [6.07, 6.45) is 1.73. The fourth-order valence-electron chi connectivity index (χ4n) is 3.13. The number of carbonyl (C=O) groups excluding carboxylic acids is 1. The quantitative estimate of drug-likeness (QED) is 0.564. The zero-order valence-electron chi connectivity index (χ0n) is 13.4. The van der Waals surface area contributed by atoms with Gasteiger partial charge in [0.1, 0.15) is 11.6 Å². The van der Waals surface area contributed by atoms with Crippen LogP contribution in [-0.4, -0.2) is 17.3 Å². The third-order valence-corrected chi connectivity index (χ3v) is 4.43. The van der Waals surface area contributed by atoms with Gasteiger partial charge in [0.2, 0.25) is 0 Å². The van der Waals surface area contributed by atoms with E-state index in [9.17, 15) is 9.18 Å². The number of ketones is 1. The molecule has 2 aromatic carbocycles. The van der Waals surface area contributed by atoms with E-state index in [0.717, 1.165) is 16.7 Å². The van der Waals surface area contributed by atoms with Gasteiger partial charge >= 0.3 is 0 Å².